The smallest absolute Gasteiger partial charge is 0.315 e. The van der Waals surface area contributed by atoms with E-state index in [2.05, 4.69) is 0 Å². The molecule has 0 heterocycles. The summed E-state index contributed by atoms with van der Waals surface area (Å²) >= 11 is 6.04. The number of carbonyl (C=O) groups excluding carboxylic acids is 1. The SMILES string of the molecule is CCOC(=O)C(C)(C)c1ccc(OC)c(Cl)c1. The molecule has 0 bridgehead atoms. The first-order chi connectivity index (χ1) is 7.93. The van der Waals surface area contributed by atoms with E-state index in [1.54, 1.807) is 26.2 Å². The Morgan fingerprint density at radius 1 is 1.41 bits per heavy atom. The maximum atomic E-state index is 11.8. The molecule has 0 saturated carbocycles. The number of rotatable bonds is 4. The van der Waals surface area contributed by atoms with Crippen LogP contribution in [0.4, 0.5) is 0 Å². The largest absolute Gasteiger partial charge is 0.495 e. The van der Waals surface area contributed by atoms with Crippen LogP contribution >= 0.6 is 11.6 Å². The van der Waals surface area contributed by atoms with E-state index in [4.69, 9.17) is 21.1 Å². The Bertz CT molecular complexity index is 413. The fourth-order valence-corrected chi connectivity index (χ4v) is 1.74. The third-order valence-electron chi connectivity index (χ3n) is 2.66. The number of esters is 1. The van der Waals surface area contributed by atoms with Gasteiger partial charge in [0, 0.05) is 0 Å². The number of benzene rings is 1. The average molecular weight is 257 g/mol. The van der Waals surface area contributed by atoms with E-state index in [1.807, 2.05) is 19.9 Å². The van der Waals surface area contributed by atoms with E-state index in [0.717, 1.165) is 5.56 Å². The molecule has 0 saturated heterocycles. The van der Waals surface area contributed by atoms with Gasteiger partial charge < -0.3 is 9.47 Å². The van der Waals surface area contributed by atoms with Crippen LogP contribution in [0.25, 0.3) is 0 Å². The molecular formula is C13H17ClO3. The molecule has 0 radical (unpaired) electrons. The molecule has 0 fully saturated rings. The van der Waals surface area contributed by atoms with E-state index in [0.29, 0.717) is 17.4 Å². The first kappa shape index (κ1) is 13.8. The minimum atomic E-state index is -0.716. The zero-order chi connectivity index (χ0) is 13.1. The Balaban J connectivity index is 3.07. The number of halogens is 1. The van der Waals surface area contributed by atoms with E-state index in [-0.39, 0.29) is 5.97 Å². The molecule has 1 rings (SSSR count). The molecule has 0 amide bonds. The zero-order valence-corrected chi connectivity index (χ0v) is 11.3. The van der Waals surface area contributed by atoms with Crippen LogP contribution < -0.4 is 4.74 Å². The lowest BCUT2D eigenvalue weighted by Gasteiger charge is -2.23. The van der Waals surface area contributed by atoms with Crippen molar-refractivity contribution >= 4 is 17.6 Å². The summed E-state index contributed by atoms with van der Waals surface area (Å²) in [5.74, 6) is 0.330. The van der Waals surface area contributed by atoms with Gasteiger partial charge in [0.15, 0.2) is 0 Å². The highest BCUT2D eigenvalue weighted by atomic mass is 35.5. The molecule has 0 atom stereocenters. The molecule has 3 nitrogen and oxygen atoms in total. The van der Waals surface area contributed by atoms with Gasteiger partial charge in [-0.3, -0.25) is 4.79 Å². The van der Waals surface area contributed by atoms with Crippen LogP contribution in [0.3, 0.4) is 0 Å². The van der Waals surface area contributed by atoms with Gasteiger partial charge in [0.25, 0.3) is 0 Å². The Hall–Kier alpha value is -1.22. The summed E-state index contributed by atoms with van der Waals surface area (Å²) in [5.41, 5.74) is 0.0908. The molecule has 0 unspecified atom stereocenters. The van der Waals surface area contributed by atoms with Crippen molar-refractivity contribution in [3.63, 3.8) is 0 Å². The van der Waals surface area contributed by atoms with E-state index in [9.17, 15) is 4.79 Å². The van der Waals surface area contributed by atoms with Gasteiger partial charge in [-0.05, 0) is 38.5 Å². The third kappa shape index (κ3) is 2.91. The number of carbonyl (C=O) groups is 1. The number of hydrogen-bond donors (Lipinski definition) is 0. The second-order valence-electron chi connectivity index (χ2n) is 4.19. The Kier molecular flexibility index (Phi) is 4.40. The Morgan fingerprint density at radius 2 is 2.06 bits per heavy atom. The second-order valence-corrected chi connectivity index (χ2v) is 4.60. The lowest BCUT2D eigenvalue weighted by molar-refractivity contribution is -0.148. The molecule has 4 heteroatoms. The van der Waals surface area contributed by atoms with Crippen molar-refractivity contribution in [1.29, 1.82) is 0 Å². The second kappa shape index (κ2) is 5.41. The molecule has 94 valence electrons. The number of methoxy groups -OCH3 is 1. The topological polar surface area (TPSA) is 35.5 Å². The zero-order valence-electron chi connectivity index (χ0n) is 10.5. The highest BCUT2D eigenvalue weighted by Crippen LogP contribution is 2.32. The summed E-state index contributed by atoms with van der Waals surface area (Å²) in [5, 5.41) is 0.488. The minimum absolute atomic E-state index is 0.263. The fraction of sp³-hybridized carbons (Fsp3) is 0.462. The summed E-state index contributed by atoms with van der Waals surface area (Å²) in [6.45, 7) is 5.77. The van der Waals surface area contributed by atoms with Crippen LogP contribution in [0.5, 0.6) is 5.75 Å². The van der Waals surface area contributed by atoms with Gasteiger partial charge in [-0.1, -0.05) is 17.7 Å². The van der Waals surface area contributed by atoms with Crippen LogP contribution in [-0.2, 0) is 14.9 Å². The van der Waals surface area contributed by atoms with Gasteiger partial charge in [-0.15, -0.1) is 0 Å². The normalized spacial score (nSPS) is 11.1. The van der Waals surface area contributed by atoms with Gasteiger partial charge in [-0.2, -0.15) is 0 Å². The number of ether oxygens (including phenoxy) is 2. The molecule has 0 aliphatic carbocycles. The van der Waals surface area contributed by atoms with Crippen LogP contribution in [0.15, 0.2) is 18.2 Å². The highest BCUT2D eigenvalue weighted by molar-refractivity contribution is 6.32. The summed E-state index contributed by atoms with van der Waals surface area (Å²) < 4.78 is 10.1. The molecule has 0 aromatic heterocycles. The van der Waals surface area contributed by atoms with Crippen molar-refractivity contribution in [3.8, 4) is 5.75 Å². The highest BCUT2D eigenvalue weighted by Gasteiger charge is 2.31. The lowest BCUT2D eigenvalue weighted by atomic mass is 9.85. The predicted molar refractivity (Wildman–Crippen MR) is 67.7 cm³/mol. The first-order valence-electron chi connectivity index (χ1n) is 5.44. The quantitative estimate of drug-likeness (QED) is 0.776. The molecular weight excluding hydrogens is 240 g/mol. The Morgan fingerprint density at radius 3 is 2.53 bits per heavy atom. The summed E-state index contributed by atoms with van der Waals surface area (Å²) in [7, 11) is 1.55. The van der Waals surface area contributed by atoms with E-state index in [1.165, 1.54) is 0 Å². The van der Waals surface area contributed by atoms with Gasteiger partial charge in [0.05, 0.1) is 24.2 Å². The van der Waals surface area contributed by atoms with Crippen molar-refractivity contribution in [3.05, 3.63) is 28.8 Å². The molecule has 0 aliphatic rings. The van der Waals surface area contributed by atoms with Gasteiger partial charge in [0.1, 0.15) is 5.75 Å². The van der Waals surface area contributed by atoms with Crippen molar-refractivity contribution in [2.45, 2.75) is 26.2 Å². The van der Waals surface area contributed by atoms with Crippen LogP contribution in [0, 0.1) is 0 Å². The van der Waals surface area contributed by atoms with Crippen LogP contribution in [-0.4, -0.2) is 19.7 Å². The number of hydrogen-bond acceptors (Lipinski definition) is 3. The maximum Gasteiger partial charge on any atom is 0.315 e. The van der Waals surface area contributed by atoms with E-state index < -0.39 is 5.41 Å². The lowest BCUT2D eigenvalue weighted by Crippen LogP contribution is -2.31. The summed E-state index contributed by atoms with van der Waals surface area (Å²) in [4.78, 5) is 11.8. The van der Waals surface area contributed by atoms with Crippen molar-refractivity contribution in [2.75, 3.05) is 13.7 Å². The predicted octanol–water partition coefficient (Wildman–Crippen LogP) is 3.19. The van der Waals surface area contributed by atoms with E-state index >= 15 is 0 Å². The van der Waals surface area contributed by atoms with Crippen molar-refractivity contribution < 1.29 is 14.3 Å². The monoisotopic (exact) mass is 256 g/mol. The van der Waals surface area contributed by atoms with Crippen molar-refractivity contribution in [2.24, 2.45) is 0 Å². The summed E-state index contributed by atoms with van der Waals surface area (Å²) in [6.07, 6.45) is 0. The van der Waals surface area contributed by atoms with Gasteiger partial charge in [-0.25, -0.2) is 0 Å². The maximum absolute atomic E-state index is 11.8. The molecule has 0 aliphatic heterocycles. The first-order valence-corrected chi connectivity index (χ1v) is 5.82. The molecule has 0 N–H and O–H groups in total. The minimum Gasteiger partial charge on any atom is -0.495 e. The average Bonchev–Trinajstić information content (AvgIpc) is 2.29. The molecule has 1 aromatic rings. The van der Waals surface area contributed by atoms with Crippen molar-refractivity contribution in [1.82, 2.24) is 0 Å². The van der Waals surface area contributed by atoms with Gasteiger partial charge in [0.2, 0.25) is 0 Å². The van der Waals surface area contributed by atoms with Crippen LogP contribution in [0.2, 0.25) is 5.02 Å². The Labute approximate surface area is 107 Å². The molecule has 1 aromatic carbocycles. The van der Waals surface area contributed by atoms with Gasteiger partial charge >= 0.3 is 5.97 Å². The standard InChI is InChI=1S/C13H17ClO3/c1-5-17-12(15)13(2,3)9-6-7-11(16-4)10(14)8-9/h6-8H,5H2,1-4H3. The van der Waals surface area contributed by atoms with Crippen LogP contribution in [0.1, 0.15) is 26.3 Å². The summed E-state index contributed by atoms with van der Waals surface area (Å²) in [6, 6.07) is 5.30. The molecule has 17 heavy (non-hydrogen) atoms. The fourth-order valence-electron chi connectivity index (χ4n) is 1.48. The third-order valence-corrected chi connectivity index (χ3v) is 2.95. The molecule has 0 spiro atoms.